The van der Waals surface area contributed by atoms with E-state index in [2.05, 4.69) is 15.3 Å². The first-order chi connectivity index (χ1) is 25.2. The third-order valence-corrected chi connectivity index (χ3v) is 8.34. The summed E-state index contributed by atoms with van der Waals surface area (Å²) in [5.74, 6) is 0.0716. The lowest BCUT2D eigenvalue weighted by Gasteiger charge is -2.32. The van der Waals surface area contributed by atoms with Gasteiger partial charge in [-0.25, -0.2) is 15.0 Å². The molecule has 52 heavy (non-hydrogen) atoms. The van der Waals surface area contributed by atoms with Crippen molar-refractivity contribution in [3.8, 4) is 11.3 Å². The minimum Gasteiger partial charge on any atom is -0.382 e. The molecule has 2 amide bonds. The number of ether oxygens (including phenoxy) is 4. The molecular weight excluding hydrogens is 685 g/mol. The summed E-state index contributed by atoms with van der Waals surface area (Å²) in [6, 6.07) is 8.06. The lowest BCUT2D eigenvalue weighted by Crippen LogP contribution is -2.40. The lowest BCUT2D eigenvalue weighted by molar-refractivity contribution is -0.137. The molecule has 1 fully saturated rings. The van der Waals surface area contributed by atoms with Crippen LogP contribution < -0.4 is 16.8 Å². The fourth-order valence-corrected chi connectivity index (χ4v) is 5.80. The number of likely N-dealkylation sites (tertiary alicyclic amines) is 1. The number of halogens is 3. The molecule has 3 aromatic heterocycles. The second-order valence-corrected chi connectivity index (χ2v) is 12.0. The number of benzene rings is 1. The van der Waals surface area contributed by atoms with E-state index >= 15 is 0 Å². The van der Waals surface area contributed by atoms with Gasteiger partial charge in [0.1, 0.15) is 28.7 Å². The van der Waals surface area contributed by atoms with Crippen molar-refractivity contribution in [3.63, 3.8) is 0 Å². The molecule has 1 saturated heterocycles. The molecule has 0 bridgehead atoms. The third-order valence-electron chi connectivity index (χ3n) is 8.34. The van der Waals surface area contributed by atoms with Gasteiger partial charge in [0, 0.05) is 55.3 Å². The van der Waals surface area contributed by atoms with Crippen LogP contribution in [-0.2, 0) is 29.9 Å². The van der Waals surface area contributed by atoms with Crippen LogP contribution in [0, 0.1) is 0 Å². The molecule has 0 unspecified atom stereocenters. The number of aromatic nitrogens is 4. The van der Waals surface area contributed by atoms with Gasteiger partial charge < -0.3 is 40.6 Å². The van der Waals surface area contributed by atoms with Crippen molar-refractivity contribution in [1.29, 1.82) is 0 Å². The van der Waals surface area contributed by atoms with Crippen LogP contribution in [0.1, 0.15) is 46.9 Å². The SMILES string of the molecule is NCCOCCOCCOCCOCCC(=O)N1CCC[C@@H](c2nc(-c3ccc(C(=O)Nc4cc(C(F)(F)F)ccn4)cc3)c3c(N)nccn23)C1. The maximum Gasteiger partial charge on any atom is 0.416 e. The summed E-state index contributed by atoms with van der Waals surface area (Å²) in [6.45, 7) is 5.01. The van der Waals surface area contributed by atoms with Gasteiger partial charge in [-0.1, -0.05) is 12.1 Å². The van der Waals surface area contributed by atoms with Gasteiger partial charge in [-0.2, -0.15) is 13.2 Å². The number of rotatable bonds is 18. The van der Waals surface area contributed by atoms with E-state index < -0.39 is 17.6 Å². The molecule has 280 valence electrons. The predicted molar refractivity (Wildman–Crippen MR) is 186 cm³/mol. The number of carbonyl (C=O) groups excluding carboxylic acids is 2. The molecule has 0 spiro atoms. The van der Waals surface area contributed by atoms with Crippen molar-refractivity contribution in [2.75, 3.05) is 83.5 Å². The van der Waals surface area contributed by atoms with Crippen LogP contribution in [-0.4, -0.2) is 109 Å². The fourth-order valence-electron chi connectivity index (χ4n) is 5.80. The summed E-state index contributed by atoms with van der Waals surface area (Å²) < 4.78 is 62.9. The maximum atomic E-state index is 13.1. The Labute approximate surface area is 298 Å². The van der Waals surface area contributed by atoms with E-state index in [-0.39, 0.29) is 42.1 Å². The summed E-state index contributed by atoms with van der Waals surface area (Å²) in [6.07, 6.45) is 1.63. The van der Waals surface area contributed by atoms with Crippen LogP contribution >= 0.6 is 0 Å². The van der Waals surface area contributed by atoms with Gasteiger partial charge in [-0.3, -0.25) is 14.0 Å². The Morgan fingerprint density at radius 1 is 0.904 bits per heavy atom. The summed E-state index contributed by atoms with van der Waals surface area (Å²) in [5.41, 5.74) is 12.8. The number of imidazole rings is 1. The van der Waals surface area contributed by atoms with Crippen LogP contribution in [0.4, 0.5) is 24.8 Å². The van der Waals surface area contributed by atoms with E-state index in [9.17, 15) is 22.8 Å². The number of carbonyl (C=O) groups is 2. The fraction of sp³-hybridized carbons (Fsp3) is 0.457. The molecule has 1 aromatic carbocycles. The molecule has 1 atom stereocenters. The van der Waals surface area contributed by atoms with Gasteiger partial charge in [0.25, 0.3) is 5.91 Å². The smallest absolute Gasteiger partial charge is 0.382 e. The van der Waals surface area contributed by atoms with Gasteiger partial charge >= 0.3 is 6.18 Å². The third kappa shape index (κ3) is 10.4. The van der Waals surface area contributed by atoms with E-state index in [0.717, 1.165) is 37.0 Å². The van der Waals surface area contributed by atoms with Crippen LogP contribution in [0.3, 0.4) is 0 Å². The lowest BCUT2D eigenvalue weighted by atomic mass is 9.97. The molecular formula is C35H43F3N8O6. The monoisotopic (exact) mass is 728 g/mol. The number of fused-ring (bicyclic) bond motifs is 1. The zero-order valence-corrected chi connectivity index (χ0v) is 28.6. The summed E-state index contributed by atoms with van der Waals surface area (Å²) in [4.78, 5) is 40.9. The summed E-state index contributed by atoms with van der Waals surface area (Å²) in [5, 5.41) is 2.41. The minimum absolute atomic E-state index is 0.00710. The molecule has 0 saturated carbocycles. The average Bonchev–Trinajstić information content (AvgIpc) is 3.54. The standard InChI is InChI=1S/C35H43F3N8O6/c36-35(37,38)27-7-10-41-28(22-27)43-34(48)25-5-3-24(4-6-25)30-31-32(40)42-11-13-46(31)33(44-30)26-2-1-12-45(23-26)29(47)8-14-49-16-18-51-20-21-52-19-17-50-15-9-39/h3-7,10-11,13,22,26H,1-2,8-9,12,14-21,23,39H2,(H2,40,42)(H,41,43,48)/t26-/m1/s1. The van der Waals surface area contributed by atoms with Gasteiger partial charge in [0.15, 0.2) is 0 Å². The Kier molecular flexibility index (Phi) is 13.9. The number of nitrogens with one attached hydrogen (secondary N) is 1. The highest BCUT2D eigenvalue weighted by Crippen LogP contribution is 2.34. The van der Waals surface area contributed by atoms with Crippen LogP contribution in [0.5, 0.6) is 0 Å². The highest BCUT2D eigenvalue weighted by atomic mass is 19.4. The number of anilines is 2. The van der Waals surface area contributed by atoms with Gasteiger partial charge in [-0.15, -0.1) is 0 Å². The predicted octanol–water partition coefficient (Wildman–Crippen LogP) is 3.77. The van der Waals surface area contributed by atoms with Crippen molar-refractivity contribution in [2.45, 2.75) is 31.4 Å². The molecule has 0 aliphatic carbocycles. The number of alkyl halides is 3. The van der Waals surface area contributed by atoms with Crippen molar-refractivity contribution in [2.24, 2.45) is 5.73 Å². The molecule has 0 radical (unpaired) electrons. The molecule has 14 nitrogen and oxygen atoms in total. The molecule has 1 aliphatic rings. The molecule has 5 rings (SSSR count). The van der Waals surface area contributed by atoms with Crippen LogP contribution in [0.25, 0.3) is 16.8 Å². The van der Waals surface area contributed by atoms with Crippen LogP contribution in [0.2, 0.25) is 0 Å². The van der Waals surface area contributed by atoms with Gasteiger partial charge in [0.2, 0.25) is 5.91 Å². The first-order valence-corrected chi connectivity index (χ1v) is 17.0. The van der Waals surface area contributed by atoms with Crippen molar-refractivity contribution < 1.29 is 41.7 Å². The number of nitrogens with two attached hydrogens (primary N) is 2. The van der Waals surface area contributed by atoms with E-state index in [1.165, 1.54) is 0 Å². The second-order valence-electron chi connectivity index (χ2n) is 12.0. The Morgan fingerprint density at radius 2 is 1.58 bits per heavy atom. The Balaban J connectivity index is 1.15. The largest absolute Gasteiger partial charge is 0.416 e. The van der Waals surface area contributed by atoms with Crippen molar-refractivity contribution >= 4 is 29.0 Å². The zero-order valence-electron chi connectivity index (χ0n) is 28.6. The number of pyridine rings is 1. The van der Waals surface area contributed by atoms with Gasteiger partial charge in [-0.05, 0) is 37.1 Å². The quantitative estimate of drug-likeness (QED) is 0.127. The van der Waals surface area contributed by atoms with E-state index in [1.54, 1.807) is 36.7 Å². The Hall–Kier alpha value is -4.68. The first kappa shape index (κ1) is 38.5. The number of nitrogen functional groups attached to an aromatic ring is 1. The minimum atomic E-state index is -4.57. The average molecular weight is 729 g/mol. The summed E-state index contributed by atoms with van der Waals surface area (Å²) >= 11 is 0. The highest BCUT2D eigenvalue weighted by molar-refractivity contribution is 6.04. The van der Waals surface area contributed by atoms with E-state index in [4.69, 9.17) is 35.4 Å². The van der Waals surface area contributed by atoms with E-state index in [0.29, 0.717) is 82.7 Å². The van der Waals surface area contributed by atoms with Crippen LogP contribution in [0.15, 0.2) is 55.0 Å². The molecule has 1 aliphatic heterocycles. The van der Waals surface area contributed by atoms with E-state index in [1.807, 2.05) is 9.30 Å². The molecule has 5 N–H and O–H groups in total. The normalized spacial score (nSPS) is 14.9. The summed E-state index contributed by atoms with van der Waals surface area (Å²) in [7, 11) is 0. The number of piperidine rings is 1. The number of amides is 2. The zero-order chi connectivity index (χ0) is 36.9. The van der Waals surface area contributed by atoms with Crippen molar-refractivity contribution in [1.82, 2.24) is 24.3 Å². The molecule has 4 heterocycles. The molecule has 4 aromatic rings. The molecule has 17 heteroatoms. The van der Waals surface area contributed by atoms with Crippen molar-refractivity contribution in [3.05, 3.63) is 71.9 Å². The maximum absolute atomic E-state index is 13.1. The van der Waals surface area contributed by atoms with Gasteiger partial charge in [0.05, 0.1) is 64.8 Å². The second kappa shape index (κ2) is 18.7. The topological polar surface area (TPSA) is 181 Å². The Morgan fingerprint density at radius 3 is 2.25 bits per heavy atom. The first-order valence-electron chi connectivity index (χ1n) is 17.0. The number of hydrogen-bond acceptors (Lipinski definition) is 11. The number of hydrogen-bond donors (Lipinski definition) is 3. The highest BCUT2D eigenvalue weighted by Gasteiger charge is 2.31. The number of nitrogens with zero attached hydrogens (tertiary/aromatic N) is 5. The Bertz CT molecular complexity index is 1770.